The van der Waals surface area contributed by atoms with Gasteiger partial charge in [-0.05, 0) is 55.1 Å². The molecule has 2 bridgehead atoms. The molecule has 4 rings (SSSR count). The maximum absolute atomic E-state index is 13.9. The molecule has 6 heteroatoms. The summed E-state index contributed by atoms with van der Waals surface area (Å²) in [7, 11) is 0. The van der Waals surface area contributed by atoms with Gasteiger partial charge in [0.25, 0.3) is 0 Å². The second kappa shape index (κ2) is 5.55. The fourth-order valence-corrected chi connectivity index (χ4v) is 5.64. The van der Waals surface area contributed by atoms with Crippen LogP contribution in [0.3, 0.4) is 0 Å². The predicted octanol–water partition coefficient (Wildman–Crippen LogP) is 3.34. The predicted molar refractivity (Wildman–Crippen MR) is 88.4 cm³/mol. The topological polar surface area (TPSA) is 66.4 Å². The molecule has 4 nitrogen and oxygen atoms in total. The molecule has 3 fully saturated rings. The van der Waals surface area contributed by atoms with Crippen LogP contribution in [0.2, 0.25) is 0 Å². The Labute approximate surface area is 147 Å². The van der Waals surface area contributed by atoms with E-state index in [0.717, 1.165) is 25.7 Å². The van der Waals surface area contributed by atoms with E-state index in [9.17, 15) is 19.1 Å². The van der Waals surface area contributed by atoms with Crippen molar-refractivity contribution < 1.29 is 19.1 Å². The number of carbonyl (C=O) groups excluding carboxylic acids is 1. The van der Waals surface area contributed by atoms with Gasteiger partial charge in [0.2, 0.25) is 5.91 Å². The third-order valence-electron chi connectivity index (χ3n) is 6.40. The van der Waals surface area contributed by atoms with Crippen LogP contribution in [0.5, 0.6) is 0 Å². The minimum atomic E-state index is -0.858. The molecule has 0 radical (unpaired) electrons. The lowest BCUT2D eigenvalue weighted by Crippen LogP contribution is -2.41. The van der Waals surface area contributed by atoms with Crippen LogP contribution < -0.4 is 5.32 Å². The molecule has 3 aliphatic rings. The zero-order valence-corrected chi connectivity index (χ0v) is 14.7. The van der Waals surface area contributed by atoms with Crippen molar-refractivity contribution in [1.29, 1.82) is 0 Å². The lowest BCUT2D eigenvalue weighted by molar-refractivity contribution is -0.149. The Morgan fingerprint density at radius 3 is 2.50 bits per heavy atom. The Morgan fingerprint density at radius 2 is 1.92 bits per heavy atom. The lowest BCUT2D eigenvalue weighted by atomic mass is 9.78. The molecule has 3 aliphatic carbocycles. The molecule has 0 aliphatic heterocycles. The van der Waals surface area contributed by atoms with Crippen molar-refractivity contribution in [2.45, 2.75) is 32.2 Å². The highest BCUT2D eigenvalue weighted by Crippen LogP contribution is 2.74. The van der Waals surface area contributed by atoms with Gasteiger partial charge in [-0.3, -0.25) is 9.59 Å². The second-order valence-electron chi connectivity index (χ2n) is 7.37. The van der Waals surface area contributed by atoms with Gasteiger partial charge in [-0.15, -0.1) is 0 Å². The molecular weight excluding hydrogens is 377 g/mol. The fraction of sp³-hybridized carbons (Fsp3) is 0.556. The molecule has 1 unspecified atom stereocenters. The van der Waals surface area contributed by atoms with Crippen molar-refractivity contribution in [3.63, 3.8) is 0 Å². The van der Waals surface area contributed by atoms with E-state index in [1.54, 1.807) is 12.1 Å². The number of rotatable bonds is 4. The lowest BCUT2D eigenvalue weighted by Gasteiger charge is -2.27. The first kappa shape index (κ1) is 16.1. The summed E-state index contributed by atoms with van der Waals surface area (Å²) in [5.41, 5.74) is 0.510. The minimum Gasteiger partial charge on any atom is -0.481 e. The van der Waals surface area contributed by atoms with E-state index in [2.05, 4.69) is 21.2 Å². The zero-order valence-electron chi connectivity index (χ0n) is 13.1. The smallest absolute Gasteiger partial charge is 0.307 e. The summed E-state index contributed by atoms with van der Waals surface area (Å²) in [6.07, 6.45) is 3.97. The Kier molecular flexibility index (Phi) is 3.71. The number of benzene rings is 1. The van der Waals surface area contributed by atoms with Gasteiger partial charge in [-0.2, -0.15) is 0 Å². The Bertz CT molecular complexity index is 718. The summed E-state index contributed by atoms with van der Waals surface area (Å²) in [6.45, 7) is 0.0885. The molecule has 0 heterocycles. The Hall–Kier alpha value is -1.43. The second-order valence-corrected chi connectivity index (χ2v) is 8.28. The highest BCUT2D eigenvalue weighted by atomic mass is 79.9. The molecule has 1 amide bonds. The standard InChI is InChI=1S/C18H19BrFNO3/c19-10-2-1-9(13(20)7-10)8-21-16(22)14-11-3-4-12(15(14)17(23)24)18(11)5-6-18/h1-2,7,11-12,14-15H,3-6,8H2,(H,21,22)(H,23,24)/t11-,12+,14?,15+/m0/s1. The van der Waals surface area contributed by atoms with E-state index in [1.807, 2.05) is 0 Å². The van der Waals surface area contributed by atoms with Gasteiger partial charge in [-0.1, -0.05) is 22.0 Å². The van der Waals surface area contributed by atoms with Crippen LogP contribution in [0.4, 0.5) is 4.39 Å². The molecular formula is C18H19BrFNO3. The molecule has 24 heavy (non-hydrogen) atoms. The van der Waals surface area contributed by atoms with Gasteiger partial charge in [0.1, 0.15) is 5.82 Å². The summed E-state index contributed by atoms with van der Waals surface area (Å²) in [4.78, 5) is 24.5. The molecule has 0 aromatic heterocycles. The van der Waals surface area contributed by atoms with Crippen molar-refractivity contribution in [3.05, 3.63) is 34.1 Å². The van der Waals surface area contributed by atoms with E-state index in [-0.39, 0.29) is 35.5 Å². The monoisotopic (exact) mass is 395 g/mol. The Balaban J connectivity index is 1.50. The molecule has 1 aromatic rings. The van der Waals surface area contributed by atoms with Crippen LogP contribution in [-0.2, 0) is 16.1 Å². The zero-order chi connectivity index (χ0) is 17.1. The highest BCUT2D eigenvalue weighted by Gasteiger charge is 2.71. The van der Waals surface area contributed by atoms with Gasteiger partial charge in [0.15, 0.2) is 0 Å². The molecule has 4 atom stereocenters. The van der Waals surface area contributed by atoms with E-state index < -0.39 is 17.8 Å². The van der Waals surface area contributed by atoms with Crippen LogP contribution in [0, 0.1) is 34.9 Å². The van der Waals surface area contributed by atoms with Gasteiger partial charge in [0.05, 0.1) is 11.8 Å². The number of hydrogen-bond acceptors (Lipinski definition) is 2. The number of aliphatic carboxylic acids is 1. The average molecular weight is 396 g/mol. The summed E-state index contributed by atoms with van der Waals surface area (Å²) in [5, 5.41) is 12.4. The van der Waals surface area contributed by atoms with Crippen molar-refractivity contribution in [2.24, 2.45) is 29.1 Å². The summed E-state index contributed by atoms with van der Waals surface area (Å²) < 4.78 is 14.5. The number of hydrogen-bond donors (Lipinski definition) is 2. The summed E-state index contributed by atoms with van der Waals surface area (Å²) >= 11 is 3.20. The third kappa shape index (κ3) is 2.30. The van der Waals surface area contributed by atoms with Crippen LogP contribution in [-0.4, -0.2) is 17.0 Å². The Morgan fingerprint density at radius 1 is 1.25 bits per heavy atom. The van der Waals surface area contributed by atoms with Crippen molar-refractivity contribution in [2.75, 3.05) is 0 Å². The third-order valence-corrected chi connectivity index (χ3v) is 6.90. The molecule has 3 saturated carbocycles. The van der Waals surface area contributed by atoms with Gasteiger partial charge >= 0.3 is 5.97 Å². The van der Waals surface area contributed by atoms with Crippen LogP contribution >= 0.6 is 15.9 Å². The van der Waals surface area contributed by atoms with Crippen molar-refractivity contribution in [3.8, 4) is 0 Å². The summed E-state index contributed by atoms with van der Waals surface area (Å²) in [5.74, 6) is -2.21. The molecule has 128 valence electrons. The molecule has 0 saturated heterocycles. The fourth-order valence-electron chi connectivity index (χ4n) is 5.31. The first-order chi connectivity index (χ1) is 11.4. The SMILES string of the molecule is O=C(NCc1ccc(Br)cc1F)C1[C@H](C(=O)O)[C@H]2CC[C@@H]1C21CC1. The number of carbonyl (C=O) groups is 2. The van der Waals surface area contributed by atoms with Crippen LogP contribution in [0.25, 0.3) is 0 Å². The summed E-state index contributed by atoms with van der Waals surface area (Å²) in [6, 6.07) is 4.71. The number of nitrogens with one attached hydrogen (secondary N) is 1. The first-order valence-corrected chi connectivity index (χ1v) is 9.18. The molecule has 1 aromatic carbocycles. The number of carboxylic acids is 1. The van der Waals surface area contributed by atoms with Crippen LogP contribution in [0.15, 0.2) is 22.7 Å². The van der Waals surface area contributed by atoms with E-state index >= 15 is 0 Å². The molecule has 2 N–H and O–H groups in total. The van der Waals surface area contributed by atoms with Gasteiger partial charge in [-0.25, -0.2) is 4.39 Å². The van der Waals surface area contributed by atoms with Crippen molar-refractivity contribution in [1.82, 2.24) is 5.32 Å². The van der Waals surface area contributed by atoms with Crippen molar-refractivity contribution >= 4 is 27.8 Å². The average Bonchev–Trinajstić information content (AvgIpc) is 3.19. The number of halogens is 2. The van der Waals surface area contributed by atoms with E-state index in [4.69, 9.17) is 0 Å². The first-order valence-electron chi connectivity index (χ1n) is 8.38. The maximum Gasteiger partial charge on any atom is 0.307 e. The maximum atomic E-state index is 13.9. The van der Waals surface area contributed by atoms with Gasteiger partial charge < -0.3 is 10.4 Å². The molecule has 1 spiro atoms. The number of carboxylic acid groups (broad SMARTS) is 1. The minimum absolute atomic E-state index is 0.0885. The normalized spacial score (nSPS) is 32.1. The quantitative estimate of drug-likeness (QED) is 0.821. The van der Waals surface area contributed by atoms with Gasteiger partial charge in [0, 0.05) is 16.6 Å². The largest absolute Gasteiger partial charge is 0.481 e. The highest BCUT2D eigenvalue weighted by molar-refractivity contribution is 9.10. The van der Waals surface area contributed by atoms with E-state index in [0.29, 0.717) is 10.0 Å². The van der Waals surface area contributed by atoms with Crippen LogP contribution in [0.1, 0.15) is 31.2 Å². The van der Waals surface area contributed by atoms with E-state index in [1.165, 1.54) is 6.07 Å². The number of amides is 1.